The van der Waals surface area contributed by atoms with E-state index in [9.17, 15) is 24.6 Å². The largest absolute Gasteiger partial charge is 0.481 e. The molecule has 3 amide bonds. The third-order valence-electron chi connectivity index (χ3n) is 5.67. The number of likely N-dealkylation sites (N-methyl/N-ethyl adjacent to an activating group) is 1. The number of hydrogen-bond donors (Lipinski definition) is 3. The van der Waals surface area contributed by atoms with E-state index in [1.807, 2.05) is 41.0 Å². The van der Waals surface area contributed by atoms with Crippen LogP contribution in [0, 0.1) is 0 Å². The van der Waals surface area contributed by atoms with Crippen molar-refractivity contribution in [2.45, 2.75) is 32.1 Å². The number of aliphatic hydroxyl groups is 1. The second-order valence-corrected chi connectivity index (χ2v) is 7.86. The number of para-hydroxylation sites is 3. The summed E-state index contributed by atoms with van der Waals surface area (Å²) in [4.78, 5) is 45.1. The van der Waals surface area contributed by atoms with Gasteiger partial charge in [0, 0.05) is 20.1 Å². The molecule has 4 rings (SSSR count). The molecule has 3 N–H and O–H groups in total. The van der Waals surface area contributed by atoms with Crippen LogP contribution < -0.4 is 10.2 Å². The lowest BCUT2D eigenvalue weighted by atomic mass is 10.1. The number of aliphatic hydroxyl groups excluding tert-OH is 1. The molecule has 0 radical (unpaired) electrons. The lowest BCUT2D eigenvalue weighted by Gasteiger charge is -2.29. The number of hydrogen-bond acceptors (Lipinski definition) is 5. The number of rotatable bonds is 6. The standard InChI is InChI=1S/C23H25N5O5/c1-26-14-15-6-2-4-8-17(15)28(19(22(26)32)12-21(30)31)23(33)24-13-20-25-16-7-3-5-9-18(16)27(20)10-11-29/h2-9,19,29H,10-14H2,1H3,(H,24,33)(H,30,31). The third-order valence-corrected chi connectivity index (χ3v) is 5.67. The van der Waals surface area contributed by atoms with Crippen LogP contribution in [0.4, 0.5) is 10.5 Å². The van der Waals surface area contributed by atoms with Gasteiger partial charge in [-0.25, -0.2) is 9.78 Å². The minimum atomic E-state index is -1.19. The molecule has 0 spiro atoms. The van der Waals surface area contributed by atoms with Gasteiger partial charge in [0.25, 0.3) is 0 Å². The smallest absolute Gasteiger partial charge is 0.323 e. The maximum absolute atomic E-state index is 13.4. The van der Waals surface area contributed by atoms with Crippen LogP contribution in [0.5, 0.6) is 0 Å². The fraction of sp³-hybridized carbons (Fsp3) is 0.304. The first-order chi connectivity index (χ1) is 15.9. The average molecular weight is 451 g/mol. The highest BCUT2D eigenvalue weighted by atomic mass is 16.4. The first-order valence-corrected chi connectivity index (χ1v) is 10.6. The van der Waals surface area contributed by atoms with E-state index in [0.717, 1.165) is 16.6 Å². The monoisotopic (exact) mass is 451 g/mol. The second kappa shape index (κ2) is 9.29. The maximum Gasteiger partial charge on any atom is 0.323 e. The van der Waals surface area contributed by atoms with E-state index < -0.39 is 30.4 Å². The lowest BCUT2D eigenvalue weighted by molar-refractivity contribution is -0.141. The number of benzene rings is 2. The number of carboxylic acid groups (broad SMARTS) is 1. The number of urea groups is 1. The van der Waals surface area contributed by atoms with Crippen molar-refractivity contribution >= 4 is 34.6 Å². The second-order valence-electron chi connectivity index (χ2n) is 7.86. The molecule has 1 aliphatic heterocycles. The molecule has 172 valence electrons. The number of aliphatic carboxylic acids is 1. The Hall–Kier alpha value is -3.92. The zero-order valence-corrected chi connectivity index (χ0v) is 18.1. The molecule has 1 atom stereocenters. The Morgan fingerprint density at radius 3 is 2.64 bits per heavy atom. The van der Waals surface area contributed by atoms with Crippen LogP contribution in [-0.4, -0.2) is 62.3 Å². The van der Waals surface area contributed by atoms with E-state index in [1.54, 1.807) is 19.2 Å². The number of amides is 3. The van der Waals surface area contributed by atoms with Crippen LogP contribution in [0.25, 0.3) is 11.0 Å². The third kappa shape index (κ3) is 4.37. The SMILES string of the molecule is CN1Cc2ccccc2N(C(=O)NCc2nc3ccccc3n2CCO)C(CC(=O)O)C1=O. The first kappa shape index (κ1) is 22.3. The number of carbonyl (C=O) groups is 3. The molecule has 10 heteroatoms. The van der Waals surface area contributed by atoms with E-state index in [0.29, 0.717) is 18.1 Å². The summed E-state index contributed by atoms with van der Waals surface area (Å²) in [6.07, 6.45) is -0.520. The number of nitrogens with zero attached hydrogens (tertiary/aromatic N) is 4. The minimum Gasteiger partial charge on any atom is -0.481 e. The number of anilines is 1. The minimum absolute atomic E-state index is 0.0377. The molecule has 2 heterocycles. The van der Waals surface area contributed by atoms with Gasteiger partial charge < -0.3 is 25.0 Å². The Morgan fingerprint density at radius 1 is 1.15 bits per heavy atom. The van der Waals surface area contributed by atoms with Crippen molar-refractivity contribution in [1.29, 1.82) is 0 Å². The number of aromatic nitrogens is 2. The van der Waals surface area contributed by atoms with Crippen molar-refractivity contribution in [2.24, 2.45) is 0 Å². The Balaban J connectivity index is 1.67. The van der Waals surface area contributed by atoms with E-state index in [4.69, 9.17) is 0 Å². The van der Waals surface area contributed by atoms with Gasteiger partial charge in [-0.1, -0.05) is 30.3 Å². The molecule has 1 aromatic heterocycles. The highest BCUT2D eigenvalue weighted by Crippen LogP contribution is 2.29. The summed E-state index contributed by atoms with van der Waals surface area (Å²) >= 11 is 0. The van der Waals surface area contributed by atoms with Gasteiger partial charge in [0.05, 0.1) is 36.3 Å². The Bertz CT molecular complexity index is 1210. The number of nitrogens with one attached hydrogen (secondary N) is 1. The van der Waals surface area contributed by atoms with Crippen LogP contribution in [0.2, 0.25) is 0 Å². The van der Waals surface area contributed by atoms with Crippen LogP contribution >= 0.6 is 0 Å². The molecular formula is C23H25N5O5. The van der Waals surface area contributed by atoms with Crippen LogP contribution in [0.15, 0.2) is 48.5 Å². The van der Waals surface area contributed by atoms with Gasteiger partial charge in [-0.05, 0) is 23.8 Å². The zero-order valence-electron chi connectivity index (χ0n) is 18.1. The number of fused-ring (bicyclic) bond motifs is 2. The highest BCUT2D eigenvalue weighted by molar-refractivity contribution is 6.02. The van der Waals surface area contributed by atoms with Gasteiger partial charge in [0.1, 0.15) is 11.9 Å². The van der Waals surface area contributed by atoms with Gasteiger partial charge in [-0.3, -0.25) is 14.5 Å². The van der Waals surface area contributed by atoms with E-state index in [1.165, 1.54) is 9.80 Å². The molecule has 0 saturated carbocycles. The fourth-order valence-electron chi connectivity index (χ4n) is 4.19. The Morgan fingerprint density at radius 2 is 1.88 bits per heavy atom. The molecule has 0 fully saturated rings. The molecule has 33 heavy (non-hydrogen) atoms. The summed E-state index contributed by atoms with van der Waals surface area (Å²) in [6, 6.07) is 12.7. The van der Waals surface area contributed by atoms with E-state index in [2.05, 4.69) is 10.3 Å². The number of imidazole rings is 1. The maximum atomic E-state index is 13.4. The molecule has 3 aromatic rings. The van der Waals surface area contributed by atoms with Gasteiger partial charge >= 0.3 is 12.0 Å². The molecule has 0 bridgehead atoms. The average Bonchev–Trinajstić information content (AvgIpc) is 3.10. The van der Waals surface area contributed by atoms with Crippen LogP contribution in [0.1, 0.15) is 17.8 Å². The summed E-state index contributed by atoms with van der Waals surface area (Å²) in [5.41, 5.74) is 2.79. The molecular weight excluding hydrogens is 426 g/mol. The van der Waals surface area contributed by atoms with E-state index >= 15 is 0 Å². The quantitative estimate of drug-likeness (QED) is 0.522. The van der Waals surface area contributed by atoms with Crippen molar-refractivity contribution in [3.8, 4) is 0 Å². The molecule has 10 nitrogen and oxygen atoms in total. The predicted molar refractivity (Wildman–Crippen MR) is 120 cm³/mol. The highest BCUT2D eigenvalue weighted by Gasteiger charge is 2.38. The van der Waals surface area contributed by atoms with Crippen molar-refractivity contribution in [1.82, 2.24) is 19.8 Å². The van der Waals surface area contributed by atoms with Crippen LogP contribution in [0.3, 0.4) is 0 Å². The normalized spacial score (nSPS) is 15.9. The van der Waals surface area contributed by atoms with Crippen molar-refractivity contribution in [2.75, 3.05) is 18.6 Å². The van der Waals surface area contributed by atoms with Gasteiger partial charge in [-0.2, -0.15) is 0 Å². The number of carbonyl (C=O) groups excluding carboxylic acids is 2. The van der Waals surface area contributed by atoms with Gasteiger partial charge in [0.15, 0.2) is 0 Å². The van der Waals surface area contributed by atoms with Gasteiger partial charge in [0.2, 0.25) is 5.91 Å². The topological polar surface area (TPSA) is 128 Å². The van der Waals surface area contributed by atoms with Crippen molar-refractivity contribution in [3.63, 3.8) is 0 Å². The zero-order chi connectivity index (χ0) is 23.5. The van der Waals surface area contributed by atoms with Gasteiger partial charge in [-0.15, -0.1) is 0 Å². The Kier molecular flexibility index (Phi) is 6.27. The predicted octanol–water partition coefficient (Wildman–Crippen LogP) is 1.56. The van der Waals surface area contributed by atoms with Crippen molar-refractivity contribution in [3.05, 3.63) is 59.9 Å². The summed E-state index contributed by atoms with van der Waals surface area (Å²) in [7, 11) is 1.59. The molecule has 0 aliphatic carbocycles. The summed E-state index contributed by atoms with van der Waals surface area (Å²) in [6.45, 7) is 0.517. The molecule has 1 unspecified atom stereocenters. The molecule has 0 saturated heterocycles. The summed E-state index contributed by atoms with van der Waals surface area (Å²) < 4.78 is 1.82. The van der Waals surface area contributed by atoms with E-state index in [-0.39, 0.29) is 19.7 Å². The molecule has 2 aromatic carbocycles. The van der Waals surface area contributed by atoms with Crippen molar-refractivity contribution < 1.29 is 24.6 Å². The fourth-order valence-corrected chi connectivity index (χ4v) is 4.19. The summed E-state index contributed by atoms with van der Waals surface area (Å²) in [5.74, 6) is -1.08. The molecule has 1 aliphatic rings. The Labute approximate surface area is 190 Å². The van der Waals surface area contributed by atoms with Crippen LogP contribution in [-0.2, 0) is 29.2 Å². The summed E-state index contributed by atoms with van der Waals surface area (Å²) in [5, 5.41) is 21.7. The lowest BCUT2D eigenvalue weighted by Crippen LogP contribution is -2.52. The first-order valence-electron chi connectivity index (χ1n) is 10.6. The number of carboxylic acids is 1.